The van der Waals surface area contributed by atoms with Gasteiger partial charge in [-0.05, 0) is 17.7 Å². The van der Waals surface area contributed by atoms with Gasteiger partial charge < -0.3 is 20.1 Å². The molecule has 0 unspecified atom stereocenters. The lowest BCUT2D eigenvalue weighted by atomic mass is 10.1. The van der Waals surface area contributed by atoms with Gasteiger partial charge in [0.25, 0.3) is 5.69 Å². The third kappa shape index (κ3) is 6.50. The summed E-state index contributed by atoms with van der Waals surface area (Å²) in [7, 11) is 1.58. The van der Waals surface area contributed by atoms with Crippen molar-refractivity contribution in [3.63, 3.8) is 0 Å². The molecular formula is C23H23Cl2N3O4. The van der Waals surface area contributed by atoms with Gasteiger partial charge >= 0.3 is 0 Å². The highest BCUT2D eigenvalue weighted by Crippen LogP contribution is 2.35. The molecule has 0 amide bonds. The van der Waals surface area contributed by atoms with Crippen molar-refractivity contribution in [2.24, 2.45) is 0 Å². The molecule has 32 heavy (non-hydrogen) atoms. The summed E-state index contributed by atoms with van der Waals surface area (Å²) in [5.41, 5.74) is 2.51. The number of rotatable bonds is 11. The van der Waals surface area contributed by atoms with Crippen molar-refractivity contribution in [3.05, 3.63) is 92.0 Å². The largest absolute Gasteiger partial charge is 0.493 e. The molecule has 168 valence electrons. The minimum Gasteiger partial charge on any atom is -0.493 e. The van der Waals surface area contributed by atoms with Gasteiger partial charge in [0.2, 0.25) is 0 Å². The Balaban J connectivity index is 1.58. The van der Waals surface area contributed by atoms with Crippen LogP contribution in [0.2, 0.25) is 10.0 Å². The van der Waals surface area contributed by atoms with Crippen molar-refractivity contribution in [2.45, 2.75) is 13.2 Å². The molecule has 0 aliphatic carbocycles. The molecule has 0 saturated carbocycles. The van der Waals surface area contributed by atoms with E-state index in [0.717, 1.165) is 11.1 Å². The second-order valence-electron chi connectivity index (χ2n) is 6.90. The van der Waals surface area contributed by atoms with Crippen molar-refractivity contribution in [1.82, 2.24) is 5.32 Å². The van der Waals surface area contributed by atoms with Crippen molar-refractivity contribution in [1.29, 1.82) is 0 Å². The number of nitro groups is 1. The van der Waals surface area contributed by atoms with E-state index in [-0.39, 0.29) is 5.69 Å². The standard InChI is InChI=1S/C23H23Cl2N3O4/c1-31-22-12-18(24)11-17(23(22)32-15-16-5-3-2-4-6-16)14-26-9-10-27-21-8-7-19(28(29)30)13-20(21)25/h2-8,11-13,26-27H,9-10,14-15H2,1H3. The summed E-state index contributed by atoms with van der Waals surface area (Å²) in [5, 5.41) is 18.2. The van der Waals surface area contributed by atoms with Crippen LogP contribution in [0.1, 0.15) is 11.1 Å². The molecule has 0 aromatic heterocycles. The molecule has 0 spiro atoms. The number of hydrogen-bond acceptors (Lipinski definition) is 6. The number of nitrogens with one attached hydrogen (secondary N) is 2. The van der Waals surface area contributed by atoms with E-state index in [9.17, 15) is 10.1 Å². The summed E-state index contributed by atoms with van der Waals surface area (Å²) < 4.78 is 11.5. The fourth-order valence-electron chi connectivity index (χ4n) is 3.07. The average molecular weight is 476 g/mol. The maximum absolute atomic E-state index is 10.8. The van der Waals surface area contributed by atoms with Crippen LogP contribution in [0.4, 0.5) is 11.4 Å². The number of hydrogen-bond donors (Lipinski definition) is 2. The second-order valence-corrected chi connectivity index (χ2v) is 7.74. The smallest absolute Gasteiger partial charge is 0.271 e. The highest BCUT2D eigenvalue weighted by molar-refractivity contribution is 6.33. The molecule has 9 heteroatoms. The summed E-state index contributed by atoms with van der Waals surface area (Å²) in [5.74, 6) is 1.21. The maximum atomic E-state index is 10.8. The van der Waals surface area contributed by atoms with E-state index in [1.54, 1.807) is 19.2 Å². The summed E-state index contributed by atoms with van der Waals surface area (Å²) in [4.78, 5) is 10.3. The minimum atomic E-state index is -0.478. The number of nitro benzene ring substituents is 1. The van der Waals surface area contributed by atoms with E-state index in [0.29, 0.717) is 53.5 Å². The van der Waals surface area contributed by atoms with Crippen molar-refractivity contribution in [3.8, 4) is 11.5 Å². The van der Waals surface area contributed by atoms with Crippen LogP contribution in [0.3, 0.4) is 0 Å². The Labute approximate surface area is 196 Å². The second kappa shape index (κ2) is 11.6. The molecule has 0 heterocycles. The number of non-ortho nitro benzene ring substituents is 1. The third-order valence-corrected chi connectivity index (χ3v) is 5.17. The SMILES string of the molecule is COc1cc(Cl)cc(CNCCNc2ccc([N+](=O)[O-])cc2Cl)c1OCc1ccccc1. The topological polar surface area (TPSA) is 85.7 Å². The first kappa shape index (κ1) is 23.7. The van der Waals surface area contributed by atoms with Crippen molar-refractivity contribution < 1.29 is 14.4 Å². The normalized spacial score (nSPS) is 10.6. The molecule has 0 bridgehead atoms. The zero-order valence-corrected chi connectivity index (χ0v) is 18.9. The molecule has 7 nitrogen and oxygen atoms in total. The van der Waals surface area contributed by atoms with E-state index in [1.165, 1.54) is 12.1 Å². The van der Waals surface area contributed by atoms with Gasteiger partial charge in [0.1, 0.15) is 6.61 Å². The Morgan fingerprint density at radius 2 is 1.81 bits per heavy atom. The van der Waals surface area contributed by atoms with Crippen LogP contribution in [0.5, 0.6) is 11.5 Å². The molecule has 2 N–H and O–H groups in total. The molecule has 3 aromatic carbocycles. The Morgan fingerprint density at radius 1 is 1.03 bits per heavy atom. The number of nitrogens with zero attached hydrogens (tertiary/aromatic N) is 1. The average Bonchev–Trinajstić information content (AvgIpc) is 2.79. The fourth-order valence-corrected chi connectivity index (χ4v) is 3.54. The van der Waals surface area contributed by atoms with Crippen molar-refractivity contribution >= 4 is 34.6 Å². The third-order valence-electron chi connectivity index (χ3n) is 4.64. The van der Waals surface area contributed by atoms with Gasteiger partial charge in [-0.25, -0.2) is 0 Å². The van der Waals surface area contributed by atoms with Crippen LogP contribution in [0.25, 0.3) is 0 Å². The molecule has 3 rings (SSSR count). The quantitative estimate of drug-likeness (QED) is 0.210. The Hall–Kier alpha value is -3.00. The maximum Gasteiger partial charge on any atom is 0.271 e. The molecule has 0 aliphatic heterocycles. The summed E-state index contributed by atoms with van der Waals surface area (Å²) in [6, 6.07) is 17.8. The van der Waals surface area contributed by atoms with Gasteiger partial charge in [-0.15, -0.1) is 0 Å². The first-order valence-corrected chi connectivity index (χ1v) is 10.6. The molecule has 0 aliphatic rings. The summed E-state index contributed by atoms with van der Waals surface area (Å²) >= 11 is 12.4. The minimum absolute atomic E-state index is 0.0448. The Bertz CT molecular complexity index is 1060. The molecule has 0 saturated heterocycles. The lowest BCUT2D eigenvalue weighted by Crippen LogP contribution is -2.22. The van der Waals surface area contributed by atoms with Gasteiger partial charge in [-0.1, -0.05) is 53.5 Å². The number of methoxy groups -OCH3 is 1. The fraction of sp³-hybridized carbons (Fsp3) is 0.217. The lowest BCUT2D eigenvalue weighted by molar-refractivity contribution is -0.384. The predicted molar refractivity (Wildman–Crippen MR) is 127 cm³/mol. The molecule has 0 radical (unpaired) electrons. The lowest BCUT2D eigenvalue weighted by Gasteiger charge is -2.17. The number of anilines is 1. The summed E-state index contributed by atoms with van der Waals surface area (Å²) in [6.07, 6.45) is 0. The monoisotopic (exact) mass is 475 g/mol. The van der Waals surface area contributed by atoms with Crippen LogP contribution < -0.4 is 20.1 Å². The molecular weight excluding hydrogens is 453 g/mol. The van der Waals surface area contributed by atoms with E-state index < -0.39 is 4.92 Å². The highest BCUT2D eigenvalue weighted by atomic mass is 35.5. The number of benzene rings is 3. The van der Waals surface area contributed by atoms with E-state index >= 15 is 0 Å². The van der Waals surface area contributed by atoms with Crippen LogP contribution in [-0.4, -0.2) is 25.1 Å². The van der Waals surface area contributed by atoms with Gasteiger partial charge in [0.15, 0.2) is 11.5 Å². The number of halogens is 2. The first-order valence-electron chi connectivity index (χ1n) is 9.89. The Kier molecular flexibility index (Phi) is 8.56. The van der Waals surface area contributed by atoms with E-state index in [1.807, 2.05) is 36.4 Å². The van der Waals surface area contributed by atoms with E-state index in [4.69, 9.17) is 32.7 Å². The van der Waals surface area contributed by atoms with Gasteiger partial charge in [-0.3, -0.25) is 10.1 Å². The zero-order valence-electron chi connectivity index (χ0n) is 17.4. The molecule has 0 fully saturated rings. The molecule has 0 atom stereocenters. The highest BCUT2D eigenvalue weighted by Gasteiger charge is 2.13. The van der Waals surface area contributed by atoms with Crippen LogP contribution in [0.15, 0.2) is 60.7 Å². The van der Waals surface area contributed by atoms with Crippen LogP contribution >= 0.6 is 23.2 Å². The van der Waals surface area contributed by atoms with Gasteiger partial charge in [0.05, 0.1) is 22.7 Å². The van der Waals surface area contributed by atoms with Crippen molar-refractivity contribution in [2.75, 3.05) is 25.5 Å². The van der Waals surface area contributed by atoms with Crippen LogP contribution in [0, 0.1) is 10.1 Å². The number of ether oxygens (including phenoxy) is 2. The zero-order chi connectivity index (χ0) is 22.9. The molecule has 3 aromatic rings. The predicted octanol–water partition coefficient (Wildman–Crippen LogP) is 5.69. The van der Waals surface area contributed by atoms with Gasteiger partial charge in [-0.2, -0.15) is 0 Å². The Morgan fingerprint density at radius 3 is 2.50 bits per heavy atom. The first-order chi connectivity index (χ1) is 15.5. The van der Waals surface area contributed by atoms with Gasteiger partial charge in [0, 0.05) is 48.4 Å². The van der Waals surface area contributed by atoms with E-state index in [2.05, 4.69) is 10.6 Å². The van der Waals surface area contributed by atoms with Crippen LogP contribution in [-0.2, 0) is 13.2 Å². The summed E-state index contributed by atoms with van der Waals surface area (Å²) in [6.45, 7) is 2.10.